The van der Waals surface area contributed by atoms with Gasteiger partial charge in [0, 0.05) is 43.0 Å². The molecule has 118 valence electrons. The van der Waals surface area contributed by atoms with Gasteiger partial charge in [0.15, 0.2) is 0 Å². The summed E-state index contributed by atoms with van der Waals surface area (Å²) in [5.74, 6) is 0. The van der Waals surface area contributed by atoms with Crippen molar-refractivity contribution in [2.45, 2.75) is 77.0 Å². The lowest BCUT2D eigenvalue weighted by atomic mass is 9.87. The molecule has 2 heterocycles. The maximum atomic E-state index is 4.76. The highest BCUT2D eigenvalue weighted by atomic mass is 15.3. The number of rotatable bonds is 3. The molecular formula is C17H30N4. The van der Waals surface area contributed by atoms with Crippen molar-refractivity contribution in [2.75, 3.05) is 13.1 Å². The minimum Gasteiger partial charge on any atom is -0.309 e. The summed E-state index contributed by atoms with van der Waals surface area (Å²) in [6, 6.07) is 2.64. The van der Waals surface area contributed by atoms with Crippen molar-refractivity contribution in [3.63, 3.8) is 0 Å². The monoisotopic (exact) mass is 290 g/mol. The van der Waals surface area contributed by atoms with Crippen LogP contribution in [-0.2, 0) is 6.54 Å². The highest BCUT2D eigenvalue weighted by molar-refractivity contribution is 5.08. The molecule has 1 N–H and O–H groups in total. The molecule has 2 fully saturated rings. The first-order valence-electron chi connectivity index (χ1n) is 8.44. The Morgan fingerprint density at radius 1 is 1.29 bits per heavy atom. The Kier molecular flexibility index (Phi) is 3.87. The van der Waals surface area contributed by atoms with Crippen LogP contribution >= 0.6 is 0 Å². The molecule has 1 saturated carbocycles. The molecule has 0 amide bonds. The van der Waals surface area contributed by atoms with Gasteiger partial charge in [0.2, 0.25) is 0 Å². The van der Waals surface area contributed by atoms with E-state index >= 15 is 0 Å². The van der Waals surface area contributed by atoms with E-state index in [1.165, 1.54) is 31.4 Å². The van der Waals surface area contributed by atoms with E-state index in [2.05, 4.69) is 54.9 Å². The van der Waals surface area contributed by atoms with Crippen molar-refractivity contribution >= 4 is 0 Å². The molecule has 2 aliphatic rings. The van der Waals surface area contributed by atoms with E-state index in [0.29, 0.717) is 11.6 Å². The minimum atomic E-state index is 0.203. The van der Waals surface area contributed by atoms with Crippen molar-refractivity contribution in [1.29, 1.82) is 0 Å². The van der Waals surface area contributed by atoms with E-state index in [-0.39, 0.29) is 5.54 Å². The Morgan fingerprint density at radius 3 is 2.62 bits per heavy atom. The van der Waals surface area contributed by atoms with Crippen molar-refractivity contribution in [2.24, 2.45) is 0 Å². The standard InChI is InChI=1S/C17H30N4/c1-14(2)21-10-7-15(19-21)11-20-13-16(3,4)18-12-17(20)8-5-6-9-17/h7,10,14,18H,5-6,8-9,11-13H2,1-4H3. The molecule has 1 spiro atoms. The summed E-state index contributed by atoms with van der Waals surface area (Å²) in [5.41, 5.74) is 1.79. The van der Waals surface area contributed by atoms with Crippen LogP contribution in [0.25, 0.3) is 0 Å². The summed E-state index contributed by atoms with van der Waals surface area (Å²) in [6.07, 6.45) is 7.54. The predicted molar refractivity (Wildman–Crippen MR) is 86.3 cm³/mol. The molecule has 3 rings (SSSR count). The van der Waals surface area contributed by atoms with E-state index in [0.717, 1.165) is 19.6 Å². The second kappa shape index (κ2) is 5.40. The first-order chi connectivity index (χ1) is 9.90. The zero-order chi connectivity index (χ0) is 15.1. The van der Waals surface area contributed by atoms with Gasteiger partial charge in [-0.15, -0.1) is 0 Å². The average Bonchev–Trinajstić information content (AvgIpc) is 3.04. The van der Waals surface area contributed by atoms with Gasteiger partial charge < -0.3 is 5.32 Å². The van der Waals surface area contributed by atoms with Gasteiger partial charge in [-0.2, -0.15) is 5.10 Å². The lowest BCUT2D eigenvalue weighted by molar-refractivity contribution is 0.0111. The largest absolute Gasteiger partial charge is 0.309 e. The molecule has 1 aliphatic heterocycles. The summed E-state index contributed by atoms with van der Waals surface area (Å²) >= 11 is 0. The lowest BCUT2D eigenvalue weighted by Gasteiger charge is -2.51. The number of aromatic nitrogens is 2. The van der Waals surface area contributed by atoms with E-state index in [9.17, 15) is 0 Å². The molecule has 1 aromatic rings. The van der Waals surface area contributed by atoms with Gasteiger partial charge in [-0.3, -0.25) is 9.58 Å². The maximum absolute atomic E-state index is 4.76. The van der Waals surface area contributed by atoms with Gasteiger partial charge >= 0.3 is 0 Å². The normalized spacial score (nSPS) is 25.0. The van der Waals surface area contributed by atoms with Crippen LogP contribution in [0.1, 0.15) is 65.1 Å². The van der Waals surface area contributed by atoms with Gasteiger partial charge in [-0.1, -0.05) is 12.8 Å². The Hall–Kier alpha value is -0.870. The molecule has 1 aromatic heterocycles. The average molecular weight is 290 g/mol. The number of nitrogens with one attached hydrogen (secondary N) is 1. The number of piperazine rings is 1. The fourth-order valence-corrected chi connectivity index (χ4v) is 3.91. The van der Waals surface area contributed by atoms with Crippen molar-refractivity contribution < 1.29 is 0 Å². The summed E-state index contributed by atoms with van der Waals surface area (Å²) in [6.45, 7) is 12.2. The lowest BCUT2D eigenvalue weighted by Crippen LogP contribution is -2.67. The molecule has 0 unspecified atom stereocenters. The number of hydrogen-bond acceptors (Lipinski definition) is 3. The SMILES string of the molecule is CC(C)n1ccc(CN2CC(C)(C)NCC23CCCC3)n1. The topological polar surface area (TPSA) is 33.1 Å². The van der Waals surface area contributed by atoms with Gasteiger partial charge in [-0.25, -0.2) is 0 Å². The molecule has 0 bridgehead atoms. The van der Waals surface area contributed by atoms with Crippen LogP contribution in [0.15, 0.2) is 12.3 Å². The Balaban J connectivity index is 1.78. The van der Waals surface area contributed by atoms with Crippen LogP contribution in [0.5, 0.6) is 0 Å². The molecule has 1 aliphatic carbocycles. The Labute approximate surface area is 128 Å². The van der Waals surface area contributed by atoms with Crippen LogP contribution in [0, 0.1) is 0 Å². The van der Waals surface area contributed by atoms with Crippen LogP contribution in [-0.4, -0.2) is 38.8 Å². The van der Waals surface area contributed by atoms with Gasteiger partial charge in [0.25, 0.3) is 0 Å². The highest BCUT2D eigenvalue weighted by Gasteiger charge is 2.45. The Bertz CT molecular complexity index is 483. The van der Waals surface area contributed by atoms with E-state index in [1.807, 2.05) is 0 Å². The van der Waals surface area contributed by atoms with Crippen molar-refractivity contribution in [3.8, 4) is 0 Å². The molecule has 0 aromatic carbocycles. The molecule has 1 saturated heterocycles. The molecule has 21 heavy (non-hydrogen) atoms. The quantitative estimate of drug-likeness (QED) is 0.929. The van der Waals surface area contributed by atoms with Crippen LogP contribution in [0.3, 0.4) is 0 Å². The van der Waals surface area contributed by atoms with Gasteiger partial charge in [-0.05, 0) is 46.6 Å². The minimum absolute atomic E-state index is 0.203. The zero-order valence-corrected chi connectivity index (χ0v) is 14.0. The zero-order valence-electron chi connectivity index (χ0n) is 14.0. The smallest absolute Gasteiger partial charge is 0.0765 e. The van der Waals surface area contributed by atoms with Crippen molar-refractivity contribution in [1.82, 2.24) is 20.0 Å². The highest BCUT2D eigenvalue weighted by Crippen LogP contribution is 2.39. The third-order valence-electron chi connectivity index (χ3n) is 5.23. The summed E-state index contributed by atoms with van der Waals surface area (Å²) < 4.78 is 2.07. The molecule has 4 nitrogen and oxygen atoms in total. The third kappa shape index (κ3) is 3.02. The molecule has 0 radical (unpaired) electrons. The van der Waals surface area contributed by atoms with Gasteiger partial charge in [0.05, 0.1) is 5.69 Å². The number of hydrogen-bond donors (Lipinski definition) is 1. The maximum Gasteiger partial charge on any atom is 0.0765 e. The summed E-state index contributed by atoms with van der Waals surface area (Å²) in [7, 11) is 0. The molecule has 0 atom stereocenters. The van der Waals surface area contributed by atoms with E-state index in [1.54, 1.807) is 0 Å². The number of nitrogens with zero attached hydrogens (tertiary/aromatic N) is 3. The Morgan fingerprint density at radius 2 is 2.00 bits per heavy atom. The van der Waals surface area contributed by atoms with Crippen molar-refractivity contribution in [3.05, 3.63) is 18.0 Å². The fourth-order valence-electron chi connectivity index (χ4n) is 3.91. The first-order valence-corrected chi connectivity index (χ1v) is 8.44. The second-order valence-electron chi connectivity index (χ2n) is 7.91. The van der Waals surface area contributed by atoms with Crippen LogP contribution in [0.4, 0.5) is 0 Å². The van der Waals surface area contributed by atoms with E-state index < -0.39 is 0 Å². The molecule has 4 heteroatoms. The van der Waals surface area contributed by atoms with E-state index in [4.69, 9.17) is 5.10 Å². The summed E-state index contributed by atoms with van der Waals surface area (Å²) in [5, 5.41) is 8.52. The van der Waals surface area contributed by atoms with Crippen LogP contribution in [0.2, 0.25) is 0 Å². The second-order valence-corrected chi connectivity index (χ2v) is 7.91. The molecular weight excluding hydrogens is 260 g/mol. The first kappa shape index (κ1) is 15.0. The predicted octanol–water partition coefficient (Wildman–Crippen LogP) is 2.96. The third-order valence-corrected chi connectivity index (χ3v) is 5.23. The summed E-state index contributed by atoms with van der Waals surface area (Å²) in [4.78, 5) is 2.71. The van der Waals surface area contributed by atoms with Gasteiger partial charge in [0.1, 0.15) is 0 Å². The van der Waals surface area contributed by atoms with Crippen LogP contribution < -0.4 is 5.32 Å². The fraction of sp³-hybridized carbons (Fsp3) is 0.824.